The van der Waals surface area contributed by atoms with Crippen molar-refractivity contribution in [1.82, 2.24) is 29.4 Å². The number of imidazole rings is 1. The lowest BCUT2D eigenvalue weighted by Crippen LogP contribution is -2.36. The molecule has 0 bridgehead atoms. The van der Waals surface area contributed by atoms with Crippen LogP contribution in [-0.4, -0.2) is 35.9 Å². The third kappa shape index (κ3) is 3.04. The van der Waals surface area contributed by atoms with Crippen molar-refractivity contribution in [3.05, 3.63) is 60.4 Å². The van der Waals surface area contributed by atoms with Crippen molar-refractivity contribution >= 4 is 11.5 Å². The Kier molecular flexibility index (Phi) is 4.46. The molecule has 0 unspecified atom stereocenters. The van der Waals surface area contributed by atoms with Crippen LogP contribution < -0.4 is 4.90 Å². The van der Waals surface area contributed by atoms with E-state index in [1.807, 2.05) is 24.5 Å². The zero-order chi connectivity index (χ0) is 19.8. The van der Waals surface area contributed by atoms with Gasteiger partial charge in [-0.15, -0.1) is 15.3 Å². The maximum absolute atomic E-state index is 14.3. The molecule has 3 aromatic heterocycles. The maximum atomic E-state index is 14.3. The molecule has 1 saturated heterocycles. The van der Waals surface area contributed by atoms with E-state index < -0.39 is 0 Å². The third-order valence-corrected chi connectivity index (χ3v) is 5.55. The van der Waals surface area contributed by atoms with Gasteiger partial charge in [0.2, 0.25) is 0 Å². The zero-order valence-electron chi connectivity index (χ0n) is 16.2. The number of aryl methyl sites for hydroxylation is 1. The van der Waals surface area contributed by atoms with Crippen LogP contribution in [0.15, 0.2) is 48.8 Å². The highest BCUT2D eigenvalue weighted by atomic mass is 19.1. The van der Waals surface area contributed by atoms with E-state index in [9.17, 15) is 4.39 Å². The van der Waals surface area contributed by atoms with Crippen molar-refractivity contribution < 1.29 is 4.39 Å². The molecule has 4 aromatic rings. The predicted octanol–water partition coefficient (Wildman–Crippen LogP) is 3.88. The van der Waals surface area contributed by atoms with Crippen molar-refractivity contribution in [2.24, 2.45) is 0 Å². The van der Waals surface area contributed by atoms with Gasteiger partial charge in [0.25, 0.3) is 0 Å². The Bertz CT molecular complexity index is 1150. The van der Waals surface area contributed by atoms with Crippen molar-refractivity contribution in [2.75, 3.05) is 11.4 Å². The number of nitrogens with zero attached hydrogens (tertiary/aromatic N) is 7. The van der Waals surface area contributed by atoms with Gasteiger partial charge in [-0.05, 0) is 50.5 Å². The van der Waals surface area contributed by atoms with E-state index in [0.29, 0.717) is 17.0 Å². The Hall–Kier alpha value is -3.29. The second-order valence-electron chi connectivity index (χ2n) is 7.24. The molecule has 5 rings (SSSR count). The minimum atomic E-state index is -0.338. The van der Waals surface area contributed by atoms with Crippen LogP contribution in [-0.2, 0) is 6.54 Å². The Morgan fingerprint density at radius 2 is 2.00 bits per heavy atom. The monoisotopic (exact) mass is 391 g/mol. The molecule has 1 aliphatic heterocycles. The summed E-state index contributed by atoms with van der Waals surface area (Å²) in [6.07, 6.45) is 7.17. The summed E-state index contributed by atoms with van der Waals surface area (Å²) in [5.74, 6) is 1.95. The van der Waals surface area contributed by atoms with Gasteiger partial charge < -0.3 is 9.47 Å². The number of halogens is 1. The van der Waals surface area contributed by atoms with Crippen LogP contribution in [0, 0.1) is 5.82 Å². The van der Waals surface area contributed by atoms with Gasteiger partial charge in [0.15, 0.2) is 11.5 Å². The van der Waals surface area contributed by atoms with E-state index in [0.717, 1.165) is 44.0 Å². The van der Waals surface area contributed by atoms with Crippen LogP contribution in [0.5, 0.6) is 0 Å². The van der Waals surface area contributed by atoms with Crippen molar-refractivity contribution in [3.63, 3.8) is 0 Å². The summed E-state index contributed by atoms with van der Waals surface area (Å²) >= 11 is 0. The van der Waals surface area contributed by atoms with Gasteiger partial charge in [-0.3, -0.25) is 0 Å². The van der Waals surface area contributed by atoms with Gasteiger partial charge >= 0.3 is 0 Å². The zero-order valence-corrected chi connectivity index (χ0v) is 16.2. The summed E-state index contributed by atoms with van der Waals surface area (Å²) in [4.78, 5) is 6.92. The number of benzene rings is 1. The van der Waals surface area contributed by atoms with E-state index in [1.54, 1.807) is 22.7 Å². The second-order valence-corrected chi connectivity index (χ2v) is 7.24. The maximum Gasteiger partial charge on any atom is 0.188 e. The van der Waals surface area contributed by atoms with Gasteiger partial charge in [-0.25, -0.2) is 9.37 Å². The molecule has 1 aliphatic rings. The van der Waals surface area contributed by atoms with Crippen molar-refractivity contribution in [3.8, 4) is 11.4 Å². The fraction of sp³-hybridized carbons (Fsp3) is 0.333. The molecule has 7 nitrogen and oxygen atoms in total. The molecule has 0 amide bonds. The van der Waals surface area contributed by atoms with Crippen LogP contribution in [0.3, 0.4) is 0 Å². The molecule has 1 fully saturated rings. The van der Waals surface area contributed by atoms with Gasteiger partial charge in [-0.2, -0.15) is 4.52 Å². The van der Waals surface area contributed by atoms with E-state index >= 15 is 0 Å². The quantitative estimate of drug-likeness (QED) is 0.528. The number of fused-ring (bicyclic) bond motifs is 1. The van der Waals surface area contributed by atoms with Crippen LogP contribution in [0.1, 0.15) is 38.1 Å². The Balaban J connectivity index is 1.59. The number of hydrogen-bond acceptors (Lipinski definition) is 5. The van der Waals surface area contributed by atoms with E-state index in [2.05, 4.69) is 31.6 Å². The molecule has 1 atom stereocenters. The van der Waals surface area contributed by atoms with Crippen LogP contribution >= 0.6 is 0 Å². The van der Waals surface area contributed by atoms with E-state index in [-0.39, 0.29) is 11.9 Å². The first-order valence-electron chi connectivity index (χ1n) is 10.0. The number of aromatic nitrogens is 6. The largest absolute Gasteiger partial charge is 0.345 e. The summed E-state index contributed by atoms with van der Waals surface area (Å²) < 4.78 is 18.2. The van der Waals surface area contributed by atoms with Crippen LogP contribution in [0.25, 0.3) is 17.0 Å². The minimum absolute atomic E-state index is 0.164. The lowest BCUT2D eigenvalue weighted by atomic mass is 10.0. The lowest BCUT2D eigenvalue weighted by molar-refractivity contribution is 0.437. The van der Waals surface area contributed by atoms with Crippen molar-refractivity contribution in [2.45, 2.75) is 38.8 Å². The summed E-state index contributed by atoms with van der Waals surface area (Å²) in [6, 6.07) is 10.6. The molecule has 4 heterocycles. The average Bonchev–Trinajstić information content (AvgIpc) is 3.40. The summed E-state index contributed by atoms with van der Waals surface area (Å²) in [5.41, 5.74) is 0.983. The van der Waals surface area contributed by atoms with Gasteiger partial charge in [-0.1, -0.05) is 12.1 Å². The molecule has 0 saturated carbocycles. The van der Waals surface area contributed by atoms with Crippen molar-refractivity contribution in [1.29, 1.82) is 0 Å². The van der Waals surface area contributed by atoms with E-state index in [4.69, 9.17) is 5.10 Å². The highest BCUT2D eigenvalue weighted by Crippen LogP contribution is 2.33. The standard InChI is InChI=1S/C21H22FN7/c1-2-27-14-12-23-21(27)17-9-5-6-13-28(17)19-11-10-18-24-25-20(29(18)26-19)15-7-3-4-8-16(15)22/h3-4,7-8,10-12,14,17H,2,5-6,9,13H2,1H3/t17-/m1/s1. The topological polar surface area (TPSA) is 64.1 Å². The molecule has 8 heteroatoms. The first kappa shape index (κ1) is 17.8. The summed E-state index contributed by atoms with van der Waals surface area (Å²) in [7, 11) is 0. The van der Waals surface area contributed by atoms with E-state index in [1.165, 1.54) is 6.07 Å². The number of piperidine rings is 1. The lowest BCUT2D eigenvalue weighted by Gasteiger charge is -2.36. The molecule has 0 radical (unpaired) electrons. The Morgan fingerprint density at radius 1 is 1.10 bits per heavy atom. The average molecular weight is 391 g/mol. The molecule has 29 heavy (non-hydrogen) atoms. The second kappa shape index (κ2) is 7.27. The smallest absolute Gasteiger partial charge is 0.188 e. The highest BCUT2D eigenvalue weighted by Gasteiger charge is 2.29. The fourth-order valence-electron chi connectivity index (χ4n) is 4.10. The Labute approximate surface area is 167 Å². The predicted molar refractivity (Wildman–Crippen MR) is 108 cm³/mol. The number of anilines is 1. The summed E-state index contributed by atoms with van der Waals surface area (Å²) in [5, 5.41) is 13.2. The van der Waals surface area contributed by atoms with Gasteiger partial charge in [0.05, 0.1) is 11.6 Å². The van der Waals surface area contributed by atoms with Gasteiger partial charge in [0.1, 0.15) is 17.5 Å². The third-order valence-electron chi connectivity index (χ3n) is 5.55. The highest BCUT2D eigenvalue weighted by molar-refractivity contribution is 5.60. The normalized spacial score (nSPS) is 17.2. The summed E-state index contributed by atoms with van der Waals surface area (Å²) in [6.45, 7) is 3.91. The van der Waals surface area contributed by atoms with Gasteiger partial charge in [0, 0.05) is 25.5 Å². The molecular weight excluding hydrogens is 369 g/mol. The molecular formula is C21H22FN7. The number of rotatable bonds is 4. The van der Waals surface area contributed by atoms with Crippen LogP contribution in [0.2, 0.25) is 0 Å². The Morgan fingerprint density at radius 3 is 2.86 bits per heavy atom. The van der Waals surface area contributed by atoms with Crippen LogP contribution in [0.4, 0.5) is 10.2 Å². The SMILES string of the molecule is CCn1ccnc1[C@H]1CCCCN1c1ccc2nnc(-c3ccccc3F)n2n1. The first-order valence-corrected chi connectivity index (χ1v) is 10.0. The minimum Gasteiger partial charge on any atom is -0.345 e. The first-order chi connectivity index (χ1) is 14.3. The molecule has 148 valence electrons. The molecule has 0 aliphatic carbocycles. The molecule has 0 spiro atoms. The molecule has 0 N–H and O–H groups in total. The number of hydrogen-bond donors (Lipinski definition) is 0. The molecule has 1 aromatic carbocycles. The fourth-order valence-corrected chi connectivity index (χ4v) is 4.10.